The van der Waals surface area contributed by atoms with Crippen molar-refractivity contribution in [3.05, 3.63) is 0 Å². The van der Waals surface area contributed by atoms with E-state index in [4.69, 9.17) is 0 Å². The second-order valence-corrected chi connectivity index (χ2v) is 7.61. The molecule has 0 saturated carbocycles. The van der Waals surface area contributed by atoms with Crippen LogP contribution in [0.1, 0.15) is 116 Å². The van der Waals surface area contributed by atoms with Crippen LogP contribution in [-0.2, 0) is 0 Å². The topological polar surface area (TPSA) is 23.5 Å². The summed E-state index contributed by atoms with van der Waals surface area (Å²) in [7, 11) is 0. The predicted octanol–water partition coefficient (Wildman–Crippen LogP) is 6.27. The first-order valence-corrected chi connectivity index (χ1v) is 10.8. The van der Waals surface area contributed by atoms with Crippen molar-refractivity contribution in [3.8, 4) is 0 Å². The lowest BCUT2D eigenvalue weighted by atomic mass is 10.0. The summed E-state index contributed by atoms with van der Waals surface area (Å²) in [6.45, 7) is 4.51. The summed E-state index contributed by atoms with van der Waals surface area (Å²) in [6, 6.07) is 0. The molecule has 0 aliphatic carbocycles. The number of aliphatic hydroxyl groups is 1. The second kappa shape index (κ2) is 15.4. The van der Waals surface area contributed by atoms with Gasteiger partial charge in [0.05, 0.1) is 0 Å². The molecule has 1 saturated heterocycles. The normalized spacial score (nSPS) is 17.0. The molecule has 1 unspecified atom stereocenters. The first kappa shape index (κ1) is 21.0. The average Bonchev–Trinajstić information content (AvgIpc) is 3.09. The van der Waals surface area contributed by atoms with Crippen LogP contribution in [0.25, 0.3) is 0 Å². The molecule has 1 heterocycles. The molecule has 1 atom stereocenters. The van der Waals surface area contributed by atoms with Crippen molar-refractivity contribution in [1.82, 2.24) is 4.90 Å². The molecular formula is C21H43NO. The standard InChI is InChI=1S/C21H43NO/c1-2-3-4-5-6-7-8-9-10-11-12-13-14-15-18-21(23)22-19-16-17-20-22/h21,23H,2-20H2,1H3. The van der Waals surface area contributed by atoms with E-state index in [2.05, 4.69) is 11.8 Å². The van der Waals surface area contributed by atoms with Gasteiger partial charge in [-0.1, -0.05) is 90.4 Å². The largest absolute Gasteiger partial charge is 0.378 e. The summed E-state index contributed by atoms with van der Waals surface area (Å²) in [5.74, 6) is 0. The van der Waals surface area contributed by atoms with Gasteiger partial charge in [0, 0.05) is 13.1 Å². The Morgan fingerprint density at radius 3 is 1.48 bits per heavy atom. The van der Waals surface area contributed by atoms with Crippen LogP contribution in [0.3, 0.4) is 0 Å². The molecule has 0 amide bonds. The number of aliphatic hydroxyl groups excluding tert-OH is 1. The van der Waals surface area contributed by atoms with E-state index < -0.39 is 0 Å². The van der Waals surface area contributed by atoms with Gasteiger partial charge in [-0.05, 0) is 25.7 Å². The van der Waals surface area contributed by atoms with Crippen molar-refractivity contribution in [3.63, 3.8) is 0 Å². The molecule has 0 spiro atoms. The highest BCUT2D eigenvalue weighted by atomic mass is 16.3. The van der Waals surface area contributed by atoms with Gasteiger partial charge in [-0.25, -0.2) is 0 Å². The summed E-state index contributed by atoms with van der Waals surface area (Å²) in [5.41, 5.74) is 0. The molecule has 0 aromatic heterocycles. The second-order valence-electron chi connectivity index (χ2n) is 7.61. The number of nitrogens with zero attached hydrogens (tertiary/aromatic N) is 1. The summed E-state index contributed by atoms with van der Waals surface area (Å²) < 4.78 is 0. The van der Waals surface area contributed by atoms with Gasteiger partial charge in [-0.2, -0.15) is 0 Å². The zero-order valence-corrected chi connectivity index (χ0v) is 15.9. The van der Waals surface area contributed by atoms with Crippen molar-refractivity contribution in [1.29, 1.82) is 0 Å². The Bertz CT molecular complexity index is 238. The van der Waals surface area contributed by atoms with E-state index in [0.717, 1.165) is 19.5 Å². The summed E-state index contributed by atoms with van der Waals surface area (Å²) in [5, 5.41) is 10.1. The van der Waals surface area contributed by atoms with Gasteiger partial charge in [0.15, 0.2) is 0 Å². The zero-order chi connectivity index (χ0) is 16.6. The van der Waals surface area contributed by atoms with Crippen LogP contribution >= 0.6 is 0 Å². The third-order valence-electron chi connectivity index (χ3n) is 5.38. The number of unbranched alkanes of at least 4 members (excludes halogenated alkanes) is 13. The van der Waals surface area contributed by atoms with Crippen LogP contribution in [-0.4, -0.2) is 29.3 Å². The minimum absolute atomic E-state index is 0.158. The van der Waals surface area contributed by atoms with Crippen molar-refractivity contribution in [2.45, 2.75) is 122 Å². The number of likely N-dealkylation sites (tertiary alicyclic amines) is 1. The first-order chi connectivity index (χ1) is 11.3. The maximum atomic E-state index is 10.1. The van der Waals surface area contributed by atoms with E-state index in [1.54, 1.807) is 0 Å². The van der Waals surface area contributed by atoms with E-state index in [1.807, 2.05) is 0 Å². The third kappa shape index (κ3) is 12.0. The predicted molar refractivity (Wildman–Crippen MR) is 102 cm³/mol. The van der Waals surface area contributed by atoms with Gasteiger partial charge in [-0.15, -0.1) is 0 Å². The molecule has 1 aliphatic rings. The Morgan fingerprint density at radius 2 is 1.04 bits per heavy atom. The van der Waals surface area contributed by atoms with E-state index in [9.17, 15) is 5.11 Å². The molecule has 1 fully saturated rings. The van der Waals surface area contributed by atoms with Gasteiger partial charge in [-0.3, -0.25) is 4.90 Å². The summed E-state index contributed by atoms with van der Waals surface area (Å²) in [6.07, 6.45) is 23.0. The molecule has 1 rings (SSSR count). The quantitative estimate of drug-likeness (QED) is 0.338. The van der Waals surface area contributed by atoms with Crippen LogP contribution in [0.5, 0.6) is 0 Å². The molecule has 2 heteroatoms. The molecule has 0 bridgehead atoms. The van der Waals surface area contributed by atoms with E-state index in [0.29, 0.717) is 0 Å². The maximum absolute atomic E-state index is 10.1. The van der Waals surface area contributed by atoms with Crippen LogP contribution in [0.15, 0.2) is 0 Å². The van der Waals surface area contributed by atoms with E-state index >= 15 is 0 Å². The minimum atomic E-state index is -0.158. The zero-order valence-electron chi connectivity index (χ0n) is 15.9. The van der Waals surface area contributed by atoms with Gasteiger partial charge in [0.2, 0.25) is 0 Å². The maximum Gasteiger partial charge on any atom is 0.107 e. The third-order valence-corrected chi connectivity index (χ3v) is 5.38. The Hall–Kier alpha value is -0.0800. The number of rotatable bonds is 16. The molecule has 1 N–H and O–H groups in total. The molecule has 23 heavy (non-hydrogen) atoms. The van der Waals surface area contributed by atoms with Crippen molar-refractivity contribution < 1.29 is 5.11 Å². The van der Waals surface area contributed by atoms with E-state index in [1.165, 1.54) is 103 Å². The lowest BCUT2D eigenvalue weighted by Crippen LogP contribution is -2.32. The monoisotopic (exact) mass is 325 g/mol. The Balaban J connectivity index is 1.71. The van der Waals surface area contributed by atoms with Crippen LogP contribution in [0.4, 0.5) is 0 Å². The lowest BCUT2D eigenvalue weighted by molar-refractivity contribution is 0.0121. The molecular weight excluding hydrogens is 282 g/mol. The Kier molecular flexibility index (Phi) is 14.1. The van der Waals surface area contributed by atoms with Crippen LogP contribution in [0.2, 0.25) is 0 Å². The smallest absolute Gasteiger partial charge is 0.107 e. The van der Waals surface area contributed by atoms with Gasteiger partial charge in [0.25, 0.3) is 0 Å². The number of hydrogen-bond acceptors (Lipinski definition) is 2. The molecule has 0 radical (unpaired) electrons. The first-order valence-electron chi connectivity index (χ1n) is 10.8. The fourth-order valence-electron chi connectivity index (χ4n) is 3.74. The van der Waals surface area contributed by atoms with Gasteiger partial charge >= 0.3 is 0 Å². The molecule has 138 valence electrons. The van der Waals surface area contributed by atoms with Crippen molar-refractivity contribution >= 4 is 0 Å². The molecule has 0 aromatic carbocycles. The van der Waals surface area contributed by atoms with Gasteiger partial charge < -0.3 is 5.11 Å². The molecule has 2 nitrogen and oxygen atoms in total. The highest BCUT2D eigenvalue weighted by Crippen LogP contribution is 2.16. The van der Waals surface area contributed by atoms with Crippen molar-refractivity contribution in [2.75, 3.05) is 13.1 Å². The van der Waals surface area contributed by atoms with Gasteiger partial charge in [0.1, 0.15) is 6.23 Å². The fraction of sp³-hybridized carbons (Fsp3) is 1.00. The fourth-order valence-corrected chi connectivity index (χ4v) is 3.74. The lowest BCUT2D eigenvalue weighted by Gasteiger charge is -2.22. The highest BCUT2D eigenvalue weighted by molar-refractivity contribution is 4.68. The minimum Gasteiger partial charge on any atom is -0.378 e. The summed E-state index contributed by atoms with van der Waals surface area (Å²) >= 11 is 0. The Morgan fingerprint density at radius 1 is 0.652 bits per heavy atom. The SMILES string of the molecule is CCCCCCCCCCCCCCCCC(O)N1CCCC1. The Labute approximate surface area is 146 Å². The highest BCUT2D eigenvalue weighted by Gasteiger charge is 2.18. The summed E-state index contributed by atoms with van der Waals surface area (Å²) in [4.78, 5) is 2.25. The van der Waals surface area contributed by atoms with Crippen molar-refractivity contribution in [2.24, 2.45) is 0 Å². The average molecular weight is 326 g/mol. The van der Waals surface area contributed by atoms with Crippen LogP contribution < -0.4 is 0 Å². The molecule has 1 aliphatic heterocycles. The number of hydrogen-bond donors (Lipinski definition) is 1. The van der Waals surface area contributed by atoms with E-state index in [-0.39, 0.29) is 6.23 Å². The van der Waals surface area contributed by atoms with Crippen LogP contribution in [0, 0.1) is 0 Å². The molecule has 0 aromatic rings.